The van der Waals surface area contributed by atoms with E-state index in [9.17, 15) is 0 Å². The second kappa shape index (κ2) is 5.64. The predicted molar refractivity (Wildman–Crippen MR) is 64.9 cm³/mol. The lowest BCUT2D eigenvalue weighted by molar-refractivity contribution is 1.51. The fraction of sp³-hybridized carbons (Fsp3) is 0. The van der Waals surface area contributed by atoms with Gasteiger partial charge in [-0.05, 0) is 10.2 Å². The van der Waals surface area contributed by atoms with Crippen molar-refractivity contribution in [2.75, 3.05) is 0 Å². The van der Waals surface area contributed by atoms with Crippen LogP contribution in [-0.4, -0.2) is 12.1 Å². The van der Waals surface area contributed by atoms with Crippen molar-refractivity contribution in [1.82, 2.24) is 0 Å². The molecule has 0 amide bonds. The van der Waals surface area contributed by atoms with Crippen LogP contribution in [-0.2, 0) is 0 Å². The highest BCUT2D eigenvalue weighted by molar-refractivity contribution is 14.1. The van der Waals surface area contributed by atoms with Crippen LogP contribution in [0, 0.1) is 5.41 Å². The van der Waals surface area contributed by atoms with E-state index in [4.69, 9.17) is 5.41 Å². The molecule has 0 fully saturated rings. The Morgan fingerprint density at radius 3 is 2.54 bits per heavy atom. The normalized spacial score (nSPS) is 11.9. The van der Waals surface area contributed by atoms with Crippen LogP contribution in [0.25, 0.3) is 0 Å². The number of hydrogen-bond acceptors (Lipinski definition) is 1. The second-order valence-electron chi connectivity index (χ2n) is 2.30. The van der Waals surface area contributed by atoms with Crippen LogP contribution in [0.3, 0.4) is 0 Å². The van der Waals surface area contributed by atoms with Crippen LogP contribution in [0.5, 0.6) is 0 Å². The van der Waals surface area contributed by atoms with Crippen molar-refractivity contribution in [3.8, 4) is 0 Å². The van der Waals surface area contributed by atoms with Crippen LogP contribution in [0.2, 0.25) is 0 Å². The van der Waals surface area contributed by atoms with Crippen molar-refractivity contribution < 1.29 is 0 Å². The Morgan fingerprint density at radius 2 is 2.00 bits per heavy atom. The van der Waals surface area contributed by atoms with Crippen LogP contribution in [0.4, 0.5) is 0 Å². The van der Waals surface area contributed by atoms with Gasteiger partial charge in [-0.25, -0.2) is 4.99 Å². The van der Waals surface area contributed by atoms with E-state index in [-0.39, 0.29) is 0 Å². The molecule has 1 aromatic rings. The molecule has 0 atom stereocenters. The fourth-order valence-corrected chi connectivity index (χ4v) is 1.29. The molecule has 0 saturated heterocycles. The van der Waals surface area contributed by atoms with Gasteiger partial charge >= 0.3 is 0 Å². The third-order valence-electron chi connectivity index (χ3n) is 1.49. The zero-order valence-electron chi connectivity index (χ0n) is 6.94. The van der Waals surface area contributed by atoms with Gasteiger partial charge in [-0.15, -0.1) is 0 Å². The summed E-state index contributed by atoms with van der Waals surface area (Å²) in [7, 11) is 0. The lowest BCUT2D eigenvalue weighted by Crippen LogP contribution is -1.95. The third kappa shape index (κ3) is 3.10. The molecule has 13 heavy (non-hydrogen) atoms. The number of aliphatic imine (C=N–C) groups is 1. The zero-order valence-corrected chi connectivity index (χ0v) is 9.10. The molecule has 3 heteroatoms. The number of nitrogens with zero attached hydrogens (tertiary/aromatic N) is 1. The molecule has 1 N–H and O–H groups in total. The Bertz CT molecular complexity index is 328. The quantitative estimate of drug-likeness (QED) is 0.503. The topological polar surface area (TPSA) is 36.2 Å². The number of hydrogen-bond donors (Lipinski definition) is 1. The maximum atomic E-state index is 6.91. The fourth-order valence-electron chi connectivity index (χ4n) is 0.952. The molecular formula is C10H9IN2. The van der Waals surface area contributed by atoms with Gasteiger partial charge in [0.05, 0.1) is 5.71 Å². The maximum Gasteiger partial charge on any atom is 0.107 e. The maximum absolute atomic E-state index is 6.91. The van der Waals surface area contributed by atoms with E-state index in [0.717, 1.165) is 17.6 Å². The first-order chi connectivity index (χ1) is 6.38. The largest absolute Gasteiger partial charge is 0.290 e. The first-order valence-corrected chi connectivity index (χ1v) is 5.02. The minimum atomic E-state index is 0.810. The van der Waals surface area contributed by atoms with Crippen molar-refractivity contribution in [3.63, 3.8) is 0 Å². The first-order valence-electron chi connectivity index (χ1n) is 3.77. The SMILES string of the molecule is N=C/N=C(\C=C/I)c1ccccc1. The highest BCUT2D eigenvalue weighted by Gasteiger charge is 1.95. The van der Waals surface area contributed by atoms with E-state index >= 15 is 0 Å². The number of allylic oxidation sites excluding steroid dienone is 1. The summed E-state index contributed by atoms with van der Waals surface area (Å²) >= 11 is 2.13. The van der Waals surface area contributed by atoms with Crippen LogP contribution in [0.1, 0.15) is 5.56 Å². The molecule has 0 radical (unpaired) electrons. The van der Waals surface area contributed by atoms with Gasteiger partial charge in [-0.1, -0.05) is 52.9 Å². The molecule has 0 aliphatic carbocycles. The van der Waals surface area contributed by atoms with Crippen molar-refractivity contribution in [2.45, 2.75) is 0 Å². The zero-order chi connectivity index (χ0) is 9.52. The van der Waals surface area contributed by atoms with Crippen molar-refractivity contribution >= 4 is 34.6 Å². The Hall–Kier alpha value is -0.970. The minimum absolute atomic E-state index is 0.810. The number of benzene rings is 1. The van der Waals surface area contributed by atoms with E-state index in [2.05, 4.69) is 27.6 Å². The Labute approximate surface area is 91.0 Å². The summed E-state index contributed by atoms with van der Waals surface area (Å²) in [6, 6.07) is 9.81. The molecule has 0 aromatic heterocycles. The monoisotopic (exact) mass is 284 g/mol. The van der Waals surface area contributed by atoms with E-state index in [0.29, 0.717) is 0 Å². The molecule has 0 bridgehead atoms. The van der Waals surface area contributed by atoms with Gasteiger partial charge in [-0.3, -0.25) is 5.41 Å². The molecule has 0 spiro atoms. The number of rotatable bonds is 3. The summed E-state index contributed by atoms with van der Waals surface area (Å²) in [6.07, 6.45) is 2.93. The minimum Gasteiger partial charge on any atom is -0.290 e. The average Bonchev–Trinajstić information content (AvgIpc) is 2.19. The lowest BCUT2D eigenvalue weighted by Gasteiger charge is -1.97. The summed E-state index contributed by atoms with van der Waals surface area (Å²) in [4.78, 5) is 3.95. The van der Waals surface area contributed by atoms with Crippen molar-refractivity contribution in [1.29, 1.82) is 5.41 Å². The molecule has 0 unspecified atom stereocenters. The van der Waals surface area contributed by atoms with E-state index in [1.807, 2.05) is 40.5 Å². The van der Waals surface area contributed by atoms with E-state index < -0.39 is 0 Å². The third-order valence-corrected chi connectivity index (χ3v) is 1.85. The highest BCUT2D eigenvalue weighted by atomic mass is 127. The van der Waals surface area contributed by atoms with Gasteiger partial charge in [0.25, 0.3) is 0 Å². The molecule has 1 rings (SSSR count). The molecule has 2 nitrogen and oxygen atoms in total. The summed E-state index contributed by atoms with van der Waals surface area (Å²) in [5, 5.41) is 6.91. The van der Waals surface area contributed by atoms with Gasteiger partial charge in [-0.2, -0.15) is 0 Å². The molecule has 66 valence electrons. The van der Waals surface area contributed by atoms with Gasteiger partial charge < -0.3 is 0 Å². The Balaban J connectivity index is 3.03. The highest BCUT2D eigenvalue weighted by Crippen LogP contribution is 2.03. The summed E-state index contributed by atoms with van der Waals surface area (Å²) in [5.41, 5.74) is 1.84. The first kappa shape index (κ1) is 10.1. The molecule has 0 aliphatic heterocycles. The molecule has 0 saturated carbocycles. The van der Waals surface area contributed by atoms with Gasteiger partial charge in [0, 0.05) is 5.56 Å². The van der Waals surface area contributed by atoms with Crippen molar-refractivity contribution in [2.24, 2.45) is 4.99 Å². The molecule has 0 aliphatic rings. The Kier molecular flexibility index (Phi) is 4.39. The Morgan fingerprint density at radius 1 is 1.31 bits per heavy atom. The van der Waals surface area contributed by atoms with Crippen LogP contribution in [0.15, 0.2) is 45.5 Å². The van der Waals surface area contributed by atoms with E-state index in [1.165, 1.54) is 0 Å². The average molecular weight is 284 g/mol. The summed E-state index contributed by atoms with van der Waals surface area (Å²) in [5.74, 6) is 0. The molecule has 1 aromatic carbocycles. The van der Waals surface area contributed by atoms with Gasteiger partial charge in [0.15, 0.2) is 0 Å². The van der Waals surface area contributed by atoms with Gasteiger partial charge in [0.1, 0.15) is 6.34 Å². The van der Waals surface area contributed by atoms with E-state index in [1.54, 1.807) is 0 Å². The van der Waals surface area contributed by atoms with Crippen LogP contribution < -0.4 is 0 Å². The summed E-state index contributed by atoms with van der Waals surface area (Å²) < 4.78 is 1.88. The van der Waals surface area contributed by atoms with Crippen molar-refractivity contribution in [3.05, 3.63) is 46.1 Å². The predicted octanol–water partition coefficient (Wildman–Crippen LogP) is 3.03. The van der Waals surface area contributed by atoms with Crippen LogP contribution >= 0.6 is 22.6 Å². The lowest BCUT2D eigenvalue weighted by atomic mass is 10.1. The molecular weight excluding hydrogens is 275 g/mol. The number of nitrogens with one attached hydrogen (secondary N) is 1. The van der Waals surface area contributed by atoms with Gasteiger partial charge in [0.2, 0.25) is 0 Å². The smallest absolute Gasteiger partial charge is 0.107 e. The molecule has 0 heterocycles. The number of halogens is 1. The summed E-state index contributed by atoms with van der Waals surface area (Å²) in [6.45, 7) is 0. The standard InChI is InChI=1S/C10H9IN2/c11-7-6-10(13-8-12)9-4-2-1-3-5-9/h1-8,12H/b7-6-,12-8?,13-10+. The second-order valence-corrected chi connectivity index (χ2v) is 3.02.